The number of halogens is 1. The molecule has 2 aromatic carbocycles. The fourth-order valence-electron chi connectivity index (χ4n) is 1.96. The highest BCUT2D eigenvalue weighted by Crippen LogP contribution is 2.30. The number of aliphatic imine (C=N–C) groups is 1. The molecule has 2 nitrogen and oxygen atoms in total. The van der Waals surface area contributed by atoms with Crippen molar-refractivity contribution in [2.75, 3.05) is 0 Å². The molecule has 0 aliphatic rings. The van der Waals surface area contributed by atoms with Crippen LogP contribution in [0.4, 0.5) is 5.69 Å². The maximum absolute atomic E-state index is 9.98. The van der Waals surface area contributed by atoms with E-state index in [0.29, 0.717) is 10.6 Å². The molecule has 0 aliphatic carbocycles. The van der Waals surface area contributed by atoms with Gasteiger partial charge in [-0.3, -0.25) is 4.99 Å². The second kappa shape index (κ2) is 5.45. The monoisotopic (exact) mass is 273 g/mol. The van der Waals surface area contributed by atoms with Gasteiger partial charge in [0.2, 0.25) is 0 Å². The lowest BCUT2D eigenvalue weighted by atomic mass is 10.0. The molecule has 0 fully saturated rings. The van der Waals surface area contributed by atoms with E-state index in [9.17, 15) is 5.11 Å². The molecule has 0 saturated carbocycles. The van der Waals surface area contributed by atoms with E-state index in [1.807, 2.05) is 45.0 Å². The van der Waals surface area contributed by atoms with Crippen LogP contribution >= 0.6 is 11.6 Å². The third-order valence-electron chi connectivity index (χ3n) is 3.05. The van der Waals surface area contributed by atoms with Gasteiger partial charge in [0.15, 0.2) is 0 Å². The number of benzene rings is 2. The van der Waals surface area contributed by atoms with E-state index in [1.54, 1.807) is 12.3 Å². The van der Waals surface area contributed by atoms with Crippen LogP contribution in [0.25, 0.3) is 0 Å². The Hall–Kier alpha value is -1.80. The molecule has 0 bridgehead atoms. The standard InChI is InChI=1S/C16H16ClNO/c1-10-5-4-6-13(7-10)18-9-14-12(3)16(17)11(2)8-15(14)19/h4-9,19H,1-3H3. The molecule has 0 spiro atoms. The van der Waals surface area contributed by atoms with Gasteiger partial charge in [0.05, 0.1) is 5.69 Å². The van der Waals surface area contributed by atoms with E-state index < -0.39 is 0 Å². The van der Waals surface area contributed by atoms with Gasteiger partial charge >= 0.3 is 0 Å². The van der Waals surface area contributed by atoms with Gasteiger partial charge in [-0.2, -0.15) is 0 Å². The van der Waals surface area contributed by atoms with E-state index in [4.69, 9.17) is 11.6 Å². The molecule has 2 aromatic rings. The summed E-state index contributed by atoms with van der Waals surface area (Å²) < 4.78 is 0. The first-order valence-electron chi connectivity index (χ1n) is 6.08. The fourth-order valence-corrected chi connectivity index (χ4v) is 2.12. The highest BCUT2D eigenvalue weighted by molar-refractivity contribution is 6.32. The highest BCUT2D eigenvalue weighted by Gasteiger charge is 2.09. The zero-order valence-corrected chi connectivity index (χ0v) is 12.0. The molecule has 0 saturated heterocycles. The number of aromatic hydroxyl groups is 1. The van der Waals surface area contributed by atoms with Crippen molar-refractivity contribution in [2.45, 2.75) is 20.8 Å². The summed E-state index contributed by atoms with van der Waals surface area (Å²) in [6, 6.07) is 9.54. The minimum atomic E-state index is 0.204. The van der Waals surface area contributed by atoms with Crippen LogP contribution in [0.1, 0.15) is 22.3 Å². The van der Waals surface area contributed by atoms with Gasteiger partial charge in [0.1, 0.15) is 5.75 Å². The average Bonchev–Trinajstić information content (AvgIpc) is 2.36. The molecule has 1 N–H and O–H groups in total. The summed E-state index contributed by atoms with van der Waals surface area (Å²) in [6.07, 6.45) is 1.66. The summed E-state index contributed by atoms with van der Waals surface area (Å²) in [4.78, 5) is 4.39. The van der Waals surface area contributed by atoms with Crippen molar-refractivity contribution in [3.8, 4) is 5.75 Å². The van der Waals surface area contributed by atoms with Crippen molar-refractivity contribution < 1.29 is 5.11 Å². The number of phenolic OH excluding ortho intramolecular Hbond substituents is 1. The Morgan fingerprint density at radius 3 is 2.58 bits per heavy atom. The second-order valence-corrected chi connectivity index (χ2v) is 5.04. The van der Waals surface area contributed by atoms with Crippen molar-refractivity contribution in [1.82, 2.24) is 0 Å². The Labute approximate surface area is 118 Å². The molecule has 19 heavy (non-hydrogen) atoms. The lowest BCUT2D eigenvalue weighted by Gasteiger charge is -2.08. The minimum absolute atomic E-state index is 0.204. The summed E-state index contributed by atoms with van der Waals surface area (Å²) in [5, 5.41) is 10.6. The van der Waals surface area contributed by atoms with Crippen LogP contribution in [0.3, 0.4) is 0 Å². The molecule has 0 heterocycles. The van der Waals surface area contributed by atoms with Crippen molar-refractivity contribution in [3.63, 3.8) is 0 Å². The Balaban J connectivity index is 2.41. The maximum Gasteiger partial charge on any atom is 0.124 e. The molecular formula is C16H16ClNO. The Bertz CT molecular complexity index is 647. The van der Waals surface area contributed by atoms with Crippen molar-refractivity contribution in [1.29, 1.82) is 0 Å². The number of nitrogens with zero attached hydrogens (tertiary/aromatic N) is 1. The third-order valence-corrected chi connectivity index (χ3v) is 3.63. The zero-order valence-electron chi connectivity index (χ0n) is 11.2. The number of aryl methyl sites for hydroxylation is 2. The SMILES string of the molecule is Cc1cccc(N=Cc2c(O)cc(C)c(Cl)c2C)c1. The van der Waals surface area contributed by atoms with E-state index in [0.717, 1.165) is 22.4 Å². The number of rotatable bonds is 2. The fraction of sp³-hybridized carbons (Fsp3) is 0.188. The smallest absolute Gasteiger partial charge is 0.124 e. The molecule has 0 radical (unpaired) electrons. The summed E-state index contributed by atoms with van der Waals surface area (Å²) in [5.74, 6) is 0.204. The van der Waals surface area contributed by atoms with E-state index in [-0.39, 0.29) is 5.75 Å². The van der Waals surface area contributed by atoms with Gasteiger partial charge in [0, 0.05) is 16.8 Å². The van der Waals surface area contributed by atoms with Gasteiger partial charge in [-0.1, -0.05) is 23.7 Å². The van der Waals surface area contributed by atoms with Gasteiger partial charge in [-0.15, -0.1) is 0 Å². The van der Waals surface area contributed by atoms with Gasteiger partial charge in [-0.05, 0) is 55.7 Å². The molecule has 98 valence electrons. The third kappa shape index (κ3) is 2.96. The van der Waals surface area contributed by atoms with E-state index in [2.05, 4.69) is 4.99 Å². The predicted octanol–water partition coefficient (Wildman–Crippen LogP) is 4.72. The van der Waals surface area contributed by atoms with Crippen LogP contribution < -0.4 is 0 Å². The van der Waals surface area contributed by atoms with Crippen LogP contribution in [0.15, 0.2) is 35.3 Å². The van der Waals surface area contributed by atoms with Gasteiger partial charge in [0.25, 0.3) is 0 Å². The first-order valence-corrected chi connectivity index (χ1v) is 6.46. The molecule has 3 heteroatoms. The van der Waals surface area contributed by atoms with Crippen molar-refractivity contribution in [3.05, 3.63) is 57.6 Å². The van der Waals surface area contributed by atoms with Crippen LogP contribution in [0.5, 0.6) is 5.75 Å². The molecular weight excluding hydrogens is 258 g/mol. The first kappa shape index (κ1) is 13.6. The first-order chi connectivity index (χ1) is 8.99. The molecule has 0 unspecified atom stereocenters. The lowest BCUT2D eigenvalue weighted by molar-refractivity contribution is 0.473. The van der Waals surface area contributed by atoms with Gasteiger partial charge < -0.3 is 5.11 Å². The normalized spacial score (nSPS) is 11.2. The molecule has 0 aliphatic heterocycles. The zero-order chi connectivity index (χ0) is 14.0. The number of phenols is 1. The van der Waals surface area contributed by atoms with Crippen LogP contribution in [0.2, 0.25) is 5.02 Å². The molecule has 2 rings (SSSR count). The summed E-state index contributed by atoms with van der Waals surface area (Å²) in [7, 11) is 0. The van der Waals surface area contributed by atoms with E-state index in [1.165, 1.54) is 0 Å². The number of hydrogen-bond donors (Lipinski definition) is 1. The predicted molar refractivity (Wildman–Crippen MR) is 81.0 cm³/mol. The topological polar surface area (TPSA) is 32.6 Å². The van der Waals surface area contributed by atoms with Crippen molar-refractivity contribution >= 4 is 23.5 Å². The quantitative estimate of drug-likeness (QED) is 0.789. The summed E-state index contributed by atoms with van der Waals surface area (Å²) >= 11 is 6.19. The van der Waals surface area contributed by atoms with E-state index >= 15 is 0 Å². The molecule has 0 amide bonds. The Morgan fingerprint density at radius 2 is 1.89 bits per heavy atom. The van der Waals surface area contributed by atoms with Crippen LogP contribution in [-0.4, -0.2) is 11.3 Å². The van der Waals surface area contributed by atoms with Crippen LogP contribution in [-0.2, 0) is 0 Å². The molecule has 0 aromatic heterocycles. The lowest BCUT2D eigenvalue weighted by Crippen LogP contribution is -1.92. The van der Waals surface area contributed by atoms with Gasteiger partial charge in [-0.25, -0.2) is 0 Å². The highest BCUT2D eigenvalue weighted by atomic mass is 35.5. The minimum Gasteiger partial charge on any atom is -0.507 e. The van der Waals surface area contributed by atoms with Crippen molar-refractivity contribution in [2.24, 2.45) is 4.99 Å². The number of hydrogen-bond acceptors (Lipinski definition) is 2. The summed E-state index contributed by atoms with van der Waals surface area (Å²) in [6.45, 7) is 5.77. The van der Waals surface area contributed by atoms with Crippen LogP contribution in [0, 0.1) is 20.8 Å². The average molecular weight is 274 g/mol. The summed E-state index contributed by atoms with van der Waals surface area (Å²) in [5.41, 5.74) is 4.38. The maximum atomic E-state index is 9.98. The Morgan fingerprint density at radius 1 is 1.16 bits per heavy atom. The second-order valence-electron chi connectivity index (χ2n) is 4.66. The largest absolute Gasteiger partial charge is 0.507 e. The molecule has 0 atom stereocenters. The Kier molecular flexibility index (Phi) is 3.91.